The van der Waals surface area contributed by atoms with Gasteiger partial charge in [-0.25, -0.2) is 9.59 Å². The fraction of sp³-hybridized carbons (Fsp3) is 0.846. The van der Waals surface area contributed by atoms with Crippen LogP contribution < -0.4 is 5.32 Å². The van der Waals surface area contributed by atoms with E-state index in [9.17, 15) is 9.59 Å². The third-order valence-corrected chi connectivity index (χ3v) is 3.78. The van der Waals surface area contributed by atoms with Crippen LogP contribution in [0.3, 0.4) is 0 Å². The predicted octanol–water partition coefficient (Wildman–Crippen LogP) is 2.07. The molecule has 0 spiro atoms. The van der Waals surface area contributed by atoms with Gasteiger partial charge in [0.15, 0.2) is 0 Å². The third-order valence-electron chi connectivity index (χ3n) is 3.78. The van der Waals surface area contributed by atoms with Crippen molar-refractivity contribution in [1.82, 2.24) is 10.2 Å². The van der Waals surface area contributed by atoms with Crippen molar-refractivity contribution in [3.8, 4) is 0 Å². The Morgan fingerprint density at radius 2 is 2.11 bits per heavy atom. The van der Waals surface area contributed by atoms with Gasteiger partial charge in [-0.3, -0.25) is 0 Å². The Kier molecular flexibility index (Phi) is 5.44. The van der Waals surface area contributed by atoms with E-state index in [4.69, 9.17) is 5.11 Å². The van der Waals surface area contributed by atoms with E-state index in [0.717, 1.165) is 19.3 Å². The van der Waals surface area contributed by atoms with Crippen LogP contribution in [0.15, 0.2) is 0 Å². The molecular weight excluding hydrogens is 232 g/mol. The zero-order valence-corrected chi connectivity index (χ0v) is 11.5. The van der Waals surface area contributed by atoms with Crippen molar-refractivity contribution in [2.75, 3.05) is 7.05 Å². The highest BCUT2D eigenvalue weighted by atomic mass is 16.4. The molecule has 18 heavy (non-hydrogen) atoms. The number of carbonyl (C=O) groups excluding carboxylic acids is 1. The number of aliphatic carboxylic acids is 1. The molecule has 3 unspecified atom stereocenters. The van der Waals surface area contributed by atoms with Crippen molar-refractivity contribution in [2.24, 2.45) is 5.92 Å². The number of hydrogen-bond donors (Lipinski definition) is 2. The number of amides is 2. The normalized spacial score (nSPS) is 25.3. The summed E-state index contributed by atoms with van der Waals surface area (Å²) in [4.78, 5) is 24.5. The number of carboxylic acids is 1. The van der Waals surface area contributed by atoms with Crippen LogP contribution >= 0.6 is 0 Å². The van der Waals surface area contributed by atoms with Crippen LogP contribution in [0.25, 0.3) is 0 Å². The molecule has 0 aliphatic heterocycles. The van der Waals surface area contributed by atoms with E-state index < -0.39 is 12.0 Å². The van der Waals surface area contributed by atoms with Gasteiger partial charge in [-0.05, 0) is 25.2 Å². The number of nitrogens with zero attached hydrogens (tertiary/aromatic N) is 1. The summed E-state index contributed by atoms with van der Waals surface area (Å²) in [5, 5.41) is 11.5. The van der Waals surface area contributed by atoms with Crippen molar-refractivity contribution in [2.45, 2.75) is 58.0 Å². The summed E-state index contributed by atoms with van der Waals surface area (Å²) >= 11 is 0. The number of carboxylic acid groups (broad SMARTS) is 1. The molecular formula is C13H24N2O3. The molecule has 3 atom stereocenters. The van der Waals surface area contributed by atoms with Gasteiger partial charge >= 0.3 is 12.0 Å². The molecule has 0 heterocycles. The lowest BCUT2D eigenvalue weighted by molar-refractivity contribution is -0.139. The molecule has 0 bridgehead atoms. The lowest BCUT2D eigenvalue weighted by atomic mass is 9.86. The second-order valence-corrected chi connectivity index (χ2v) is 5.29. The first-order valence-electron chi connectivity index (χ1n) is 6.71. The molecule has 1 aliphatic rings. The minimum absolute atomic E-state index is 0.236. The number of hydrogen-bond acceptors (Lipinski definition) is 2. The summed E-state index contributed by atoms with van der Waals surface area (Å²) in [6.07, 6.45) is 4.78. The fourth-order valence-electron chi connectivity index (χ4n) is 2.51. The van der Waals surface area contributed by atoms with Gasteiger partial charge in [-0.1, -0.05) is 26.7 Å². The van der Waals surface area contributed by atoms with Crippen LogP contribution in [0.1, 0.15) is 46.0 Å². The number of urea groups is 1. The SMILES string of the molecule is CCC(NC(=O)N(C)C1CCCC(C)C1)C(=O)O. The first-order chi connectivity index (χ1) is 8.45. The van der Waals surface area contributed by atoms with Crippen molar-refractivity contribution >= 4 is 12.0 Å². The molecule has 0 aromatic rings. The summed E-state index contributed by atoms with van der Waals surface area (Å²) in [6.45, 7) is 3.95. The van der Waals surface area contributed by atoms with Gasteiger partial charge in [0.2, 0.25) is 0 Å². The van der Waals surface area contributed by atoms with E-state index in [0.29, 0.717) is 12.3 Å². The van der Waals surface area contributed by atoms with Crippen LogP contribution in [0.4, 0.5) is 4.79 Å². The Labute approximate surface area is 109 Å². The highest BCUT2D eigenvalue weighted by molar-refractivity contribution is 5.82. The van der Waals surface area contributed by atoms with Crippen molar-refractivity contribution in [3.63, 3.8) is 0 Å². The van der Waals surface area contributed by atoms with Crippen LogP contribution in [0.2, 0.25) is 0 Å². The lowest BCUT2D eigenvalue weighted by Gasteiger charge is -2.34. The van der Waals surface area contributed by atoms with Gasteiger partial charge in [-0.15, -0.1) is 0 Å². The summed E-state index contributed by atoms with van der Waals surface area (Å²) < 4.78 is 0. The van der Waals surface area contributed by atoms with E-state index in [1.807, 2.05) is 0 Å². The highest BCUT2D eigenvalue weighted by Crippen LogP contribution is 2.26. The Bertz CT molecular complexity index is 307. The fourth-order valence-corrected chi connectivity index (χ4v) is 2.51. The minimum Gasteiger partial charge on any atom is -0.480 e. The van der Waals surface area contributed by atoms with Crippen LogP contribution in [0, 0.1) is 5.92 Å². The molecule has 5 heteroatoms. The topological polar surface area (TPSA) is 69.6 Å². The molecule has 1 rings (SSSR count). The predicted molar refractivity (Wildman–Crippen MR) is 69.4 cm³/mol. The summed E-state index contributed by atoms with van der Waals surface area (Å²) in [5.74, 6) is -0.336. The zero-order chi connectivity index (χ0) is 13.7. The average Bonchev–Trinajstić information content (AvgIpc) is 2.34. The Balaban J connectivity index is 2.52. The second-order valence-electron chi connectivity index (χ2n) is 5.29. The zero-order valence-electron chi connectivity index (χ0n) is 11.5. The second kappa shape index (κ2) is 6.61. The third kappa shape index (κ3) is 3.89. The quantitative estimate of drug-likeness (QED) is 0.809. The average molecular weight is 256 g/mol. The van der Waals surface area contributed by atoms with E-state index in [1.165, 1.54) is 6.42 Å². The van der Waals surface area contributed by atoms with Crippen molar-refractivity contribution in [3.05, 3.63) is 0 Å². The summed E-state index contributed by atoms with van der Waals surface area (Å²) in [6, 6.07) is -0.829. The minimum atomic E-state index is -0.976. The molecule has 0 aromatic heterocycles. The number of carbonyl (C=O) groups is 2. The van der Waals surface area contributed by atoms with Crippen molar-refractivity contribution < 1.29 is 14.7 Å². The first-order valence-corrected chi connectivity index (χ1v) is 6.71. The monoisotopic (exact) mass is 256 g/mol. The molecule has 2 N–H and O–H groups in total. The van der Waals surface area contributed by atoms with Gasteiger partial charge in [0.05, 0.1) is 0 Å². The number of nitrogens with one attached hydrogen (secondary N) is 1. The van der Waals surface area contributed by atoms with Crippen LogP contribution in [0.5, 0.6) is 0 Å². The smallest absolute Gasteiger partial charge is 0.326 e. The van der Waals surface area contributed by atoms with Gasteiger partial charge in [0.25, 0.3) is 0 Å². The van der Waals surface area contributed by atoms with Crippen molar-refractivity contribution in [1.29, 1.82) is 0 Å². The maximum absolute atomic E-state index is 12.0. The molecule has 0 saturated heterocycles. The van der Waals surface area contributed by atoms with E-state index in [2.05, 4.69) is 12.2 Å². The van der Waals surface area contributed by atoms with Crippen LogP contribution in [-0.4, -0.2) is 41.1 Å². The Morgan fingerprint density at radius 3 is 2.61 bits per heavy atom. The standard InChI is InChI=1S/C13H24N2O3/c1-4-11(12(16)17)14-13(18)15(3)10-7-5-6-9(2)8-10/h9-11H,4-8H2,1-3H3,(H,14,18)(H,16,17). The first kappa shape index (κ1) is 14.8. The molecule has 1 aliphatic carbocycles. The van der Waals surface area contributed by atoms with Gasteiger partial charge in [-0.2, -0.15) is 0 Å². The molecule has 1 fully saturated rings. The van der Waals surface area contributed by atoms with E-state index in [1.54, 1.807) is 18.9 Å². The molecule has 1 saturated carbocycles. The lowest BCUT2D eigenvalue weighted by Crippen LogP contribution is -2.50. The molecule has 2 amide bonds. The van der Waals surface area contributed by atoms with Gasteiger partial charge in [0.1, 0.15) is 6.04 Å². The van der Waals surface area contributed by atoms with Gasteiger partial charge < -0.3 is 15.3 Å². The maximum Gasteiger partial charge on any atom is 0.326 e. The van der Waals surface area contributed by atoms with Gasteiger partial charge in [0, 0.05) is 13.1 Å². The summed E-state index contributed by atoms with van der Waals surface area (Å²) in [5.41, 5.74) is 0. The largest absolute Gasteiger partial charge is 0.480 e. The summed E-state index contributed by atoms with van der Waals surface area (Å²) in [7, 11) is 1.76. The molecule has 5 nitrogen and oxygen atoms in total. The van der Waals surface area contributed by atoms with E-state index >= 15 is 0 Å². The number of rotatable bonds is 4. The molecule has 104 valence electrons. The van der Waals surface area contributed by atoms with Crippen LogP contribution in [-0.2, 0) is 4.79 Å². The highest BCUT2D eigenvalue weighted by Gasteiger charge is 2.27. The Morgan fingerprint density at radius 1 is 1.44 bits per heavy atom. The molecule has 0 radical (unpaired) electrons. The Hall–Kier alpha value is -1.26. The van der Waals surface area contributed by atoms with E-state index in [-0.39, 0.29) is 12.1 Å². The maximum atomic E-state index is 12.0. The molecule has 0 aromatic carbocycles.